The zero-order valence-electron chi connectivity index (χ0n) is 11.9. The maximum Gasteiger partial charge on any atom is 0.194 e. The first-order chi connectivity index (χ1) is 9.97. The molecule has 0 unspecified atom stereocenters. The van der Waals surface area contributed by atoms with Crippen molar-refractivity contribution in [3.05, 3.63) is 56.5 Å². The molecule has 0 aromatic heterocycles. The van der Waals surface area contributed by atoms with E-state index in [1.807, 2.05) is 19.1 Å². The van der Waals surface area contributed by atoms with Crippen LogP contribution in [0.25, 0.3) is 0 Å². The third-order valence-electron chi connectivity index (χ3n) is 3.14. The van der Waals surface area contributed by atoms with Crippen LogP contribution in [0, 0.1) is 6.92 Å². The maximum atomic E-state index is 12.6. The van der Waals surface area contributed by atoms with Crippen LogP contribution in [0.5, 0.6) is 11.5 Å². The molecule has 0 aliphatic heterocycles. The summed E-state index contributed by atoms with van der Waals surface area (Å²) >= 11 is 9.60. The first-order valence-corrected chi connectivity index (χ1v) is 7.37. The van der Waals surface area contributed by atoms with Gasteiger partial charge in [-0.2, -0.15) is 0 Å². The van der Waals surface area contributed by atoms with E-state index >= 15 is 0 Å². The van der Waals surface area contributed by atoms with E-state index in [0.29, 0.717) is 27.6 Å². The molecule has 2 rings (SSSR count). The topological polar surface area (TPSA) is 35.5 Å². The number of halogens is 2. The van der Waals surface area contributed by atoms with Crippen LogP contribution < -0.4 is 9.47 Å². The molecule has 2 aromatic carbocycles. The Labute approximate surface area is 137 Å². The number of hydrogen-bond donors (Lipinski definition) is 0. The van der Waals surface area contributed by atoms with Gasteiger partial charge in [-0.3, -0.25) is 4.79 Å². The van der Waals surface area contributed by atoms with Gasteiger partial charge in [-0.05, 0) is 36.8 Å². The quantitative estimate of drug-likeness (QED) is 0.735. The number of ketones is 1. The largest absolute Gasteiger partial charge is 0.493 e. The Kier molecular flexibility index (Phi) is 4.91. The van der Waals surface area contributed by atoms with Gasteiger partial charge in [-0.1, -0.05) is 27.5 Å². The summed E-state index contributed by atoms with van der Waals surface area (Å²) in [5.41, 5.74) is 1.94. The predicted octanol–water partition coefficient (Wildman–Crippen LogP) is 4.66. The molecule has 0 aliphatic rings. The van der Waals surface area contributed by atoms with Gasteiger partial charge in [-0.25, -0.2) is 0 Å². The second-order valence-electron chi connectivity index (χ2n) is 4.48. The van der Waals surface area contributed by atoms with Gasteiger partial charge in [0.25, 0.3) is 0 Å². The average molecular weight is 370 g/mol. The smallest absolute Gasteiger partial charge is 0.194 e. The molecule has 0 atom stereocenters. The summed E-state index contributed by atoms with van der Waals surface area (Å²) in [6, 6.07) is 8.60. The zero-order chi connectivity index (χ0) is 15.6. The van der Waals surface area contributed by atoms with Crippen molar-refractivity contribution in [3.8, 4) is 11.5 Å². The van der Waals surface area contributed by atoms with Crippen molar-refractivity contribution in [1.82, 2.24) is 0 Å². The number of carbonyl (C=O) groups is 1. The summed E-state index contributed by atoms with van der Waals surface area (Å²) in [6.07, 6.45) is 0. The van der Waals surface area contributed by atoms with Crippen LogP contribution in [0.4, 0.5) is 0 Å². The highest BCUT2D eigenvalue weighted by Crippen LogP contribution is 2.34. The van der Waals surface area contributed by atoms with Gasteiger partial charge in [0.15, 0.2) is 17.3 Å². The molecule has 0 bridgehead atoms. The van der Waals surface area contributed by atoms with Crippen molar-refractivity contribution in [2.75, 3.05) is 14.2 Å². The molecule has 0 saturated heterocycles. The van der Waals surface area contributed by atoms with Crippen molar-refractivity contribution in [2.45, 2.75) is 6.92 Å². The molecular weight excluding hydrogens is 356 g/mol. The lowest BCUT2D eigenvalue weighted by atomic mass is 10.0. The molecular formula is C16H14BrClO3. The molecule has 110 valence electrons. The van der Waals surface area contributed by atoms with Gasteiger partial charge in [0.2, 0.25) is 0 Å². The number of rotatable bonds is 4. The number of hydrogen-bond acceptors (Lipinski definition) is 3. The van der Waals surface area contributed by atoms with E-state index in [9.17, 15) is 4.79 Å². The van der Waals surface area contributed by atoms with Gasteiger partial charge in [0.05, 0.1) is 19.2 Å². The maximum absolute atomic E-state index is 12.6. The van der Waals surface area contributed by atoms with E-state index < -0.39 is 0 Å². The summed E-state index contributed by atoms with van der Waals surface area (Å²) in [6.45, 7) is 1.93. The van der Waals surface area contributed by atoms with Gasteiger partial charge < -0.3 is 9.47 Å². The molecule has 0 amide bonds. The van der Waals surface area contributed by atoms with Gasteiger partial charge in [0.1, 0.15) is 0 Å². The molecule has 0 radical (unpaired) electrons. The first-order valence-electron chi connectivity index (χ1n) is 6.20. The van der Waals surface area contributed by atoms with Crippen molar-refractivity contribution < 1.29 is 14.3 Å². The zero-order valence-corrected chi connectivity index (χ0v) is 14.2. The third-order valence-corrected chi connectivity index (χ3v) is 4.34. The second-order valence-corrected chi connectivity index (χ2v) is 5.74. The molecule has 0 heterocycles. The number of methoxy groups -OCH3 is 2. The molecule has 0 spiro atoms. The SMILES string of the molecule is COc1cc(Cl)c(C(=O)c2ccc(Br)c(C)c2)cc1OC. The summed E-state index contributed by atoms with van der Waals surface area (Å²) in [5.74, 6) is 0.807. The van der Waals surface area contributed by atoms with Crippen LogP contribution >= 0.6 is 27.5 Å². The fraction of sp³-hybridized carbons (Fsp3) is 0.188. The number of aryl methyl sites for hydroxylation is 1. The summed E-state index contributed by atoms with van der Waals surface area (Å²) < 4.78 is 11.3. The van der Waals surface area contributed by atoms with Crippen LogP contribution in [0.2, 0.25) is 5.02 Å². The van der Waals surface area contributed by atoms with E-state index in [1.165, 1.54) is 14.2 Å². The fourth-order valence-corrected chi connectivity index (χ4v) is 2.46. The summed E-state index contributed by atoms with van der Waals surface area (Å²) in [7, 11) is 3.04. The molecule has 3 nitrogen and oxygen atoms in total. The number of benzene rings is 2. The van der Waals surface area contributed by atoms with E-state index in [1.54, 1.807) is 18.2 Å². The van der Waals surface area contributed by atoms with Crippen LogP contribution in [-0.4, -0.2) is 20.0 Å². The molecule has 5 heteroatoms. The lowest BCUT2D eigenvalue weighted by molar-refractivity contribution is 0.103. The summed E-state index contributed by atoms with van der Waals surface area (Å²) in [5, 5.41) is 0.332. The minimum Gasteiger partial charge on any atom is -0.493 e. The van der Waals surface area contributed by atoms with Crippen LogP contribution in [0.3, 0.4) is 0 Å². The lowest BCUT2D eigenvalue weighted by Gasteiger charge is -2.11. The number of carbonyl (C=O) groups excluding carboxylic acids is 1. The number of ether oxygens (including phenoxy) is 2. The Hall–Kier alpha value is -1.52. The first kappa shape index (κ1) is 15.9. The standard InChI is InChI=1S/C16H14BrClO3/c1-9-6-10(4-5-12(9)17)16(19)11-7-14(20-2)15(21-3)8-13(11)18/h4-8H,1-3H3. The van der Waals surface area contributed by atoms with Crippen molar-refractivity contribution >= 4 is 33.3 Å². The Morgan fingerprint density at radius 2 is 1.71 bits per heavy atom. The minimum absolute atomic E-state index is 0.156. The van der Waals surface area contributed by atoms with Gasteiger partial charge >= 0.3 is 0 Å². The van der Waals surface area contributed by atoms with E-state index in [4.69, 9.17) is 21.1 Å². The Morgan fingerprint density at radius 3 is 2.29 bits per heavy atom. The lowest BCUT2D eigenvalue weighted by Crippen LogP contribution is -2.04. The monoisotopic (exact) mass is 368 g/mol. The second kappa shape index (κ2) is 6.50. The molecule has 0 saturated carbocycles. The van der Waals surface area contributed by atoms with Crippen LogP contribution in [0.15, 0.2) is 34.8 Å². The van der Waals surface area contributed by atoms with Crippen LogP contribution in [-0.2, 0) is 0 Å². The minimum atomic E-state index is -0.156. The molecule has 0 aliphatic carbocycles. The fourth-order valence-electron chi connectivity index (χ4n) is 1.97. The highest BCUT2D eigenvalue weighted by atomic mass is 79.9. The summed E-state index contributed by atoms with van der Waals surface area (Å²) in [4.78, 5) is 12.6. The Bertz CT molecular complexity index is 698. The molecule has 0 N–H and O–H groups in total. The van der Waals surface area contributed by atoms with Crippen molar-refractivity contribution in [3.63, 3.8) is 0 Å². The highest BCUT2D eigenvalue weighted by Gasteiger charge is 2.17. The normalized spacial score (nSPS) is 10.3. The van der Waals surface area contributed by atoms with E-state index in [-0.39, 0.29) is 5.78 Å². The van der Waals surface area contributed by atoms with E-state index in [2.05, 4.69) is 15.9 Å². The third kappa shape index (κ3) is 3.22. The molecule has 0 fully saturated rings. The predicted molar refractivity (Wildman–Crippen MR) is 86.9 cm³/mol. The van der Waals surface area contributed by atoms with E-state index in [0.717, 1.165) is 10.0 Å². The van der Waals surface area contributed by atoms with Crippen LogP contribution in [0.1, 0.15) is 21.5 Å². The average Bonchev–Trinajstić information content (AvgIpc) is 2.49. The molecule has 21 heavy (non-hydrogen) atoms. The van der Waals surface area contributed by atoms with Crippen molar-refractivity contribution in [2.24, 2.45) is 0 Å². The Balaban J connectivity index is 2.50. The highest BCUT2D eigenvalue weighted by molar-refractivity contribution is 9.10. The molecule has 2 aromatic rings. The van der Waals surface area contributed by atoms with Crippen molar-refractivity contribution in [1.29, 1.82) is 0 Å². The van der Waals surface area contributed by atoms with Gasteiger partial charge in [0, 0.05) is 21.7 Å². The van der Waals surface area contributed by atoms with Gasteiger partial charge in [-0.15, -0.1) is 0 Å². The Morgan fingerprint density at radius 1 is 1.10 bits per heavy atom.